The molecular formula is C10H11NO4. The number of ether oxygens (including phenoxy) is 2. The Labute approximate surface area is 86.7 Å². The van der Waals surface area contributed by atoms with Crippen LogP contribution in [-0.4, -0.2) is 35.4 Å². The lowest BCUT2D eigenvalue weighted by molar-refractivity contribution is 0.0686. The van der Waals surface area contributed by atoms with Crippen molar-refractivity contribution in [1.29, 1.82) is 0 Å². The molecule has 0 aliphatic carbocycles. The lowest BCUT2D eigenvalue weighted by atomic mass is 10.2. The van der Waals surface area contributed by atoms with Crippen molar-refractivity contribution in [2.75, 3.05) is 13.2 Å². The molecule has 1 aliphatic heterocycles. The van der Waals surface area contributed by atoms with E-state index in [0.717, 1.165) is 6.42 Å². The Hall–Kier alpha value is -1.62. The molecule has 1 unspecified atom stereocenters. The molecule has 5 nitrogen and oxygen atoms in total. The minimum absolute atomic E-state index is 0.0505. The van der Waals surface area contributed by atoms with Crippen LogP contribution in [0, 0.1) is 0 Å². The van der Waals surface area contributed by atoms with E-state index in [1.807, 2.05) is 0 Å². The molecule has 2 heterocycles. The number of nitrogens with zero attached hydrogens (tertiary/aromatic N) is 1. The van der Waals surface area contributed by atoms with Gasteiger partial charge in [-0.15, -0.1) is 0 Å². The summed E-state index contributed by atoms with van der Waals surface area (Å²) in [7, 11) is 0. The van der Waals surface area contributed by atoms with Crippen LogP contribution in [0.2, 0.25) is 0 Å². The van der Waals surface area contributed by atoms with E-state index in [4.69, 9.17) is 14.6 Å². The van der Waals surface area contributed by atoms with E-state index in [0.29, 0.717) is 19.0 Å². The first-order valence-electron chi connectivity index (χ1n) is 4.69. The standard InChI is InChI=1S/C10H11NO4/c12-10(13)8-5-11-3-1-9(8)15-7-2-4-14-6-7/h1,3,5,7H,2,4,6H2,(H,12,13). The van der Waals surface area contributed by atoms with Crippen molar-refractivity contribution in [3.8, 4) is 5.75 Å². The van der Waals surface area contributed by atoms with Crippen LogP contribution in [0.15, 0.2) is 18.5 Å². The number of carboxylic acids is 1. The fourth-order valence-electron chi connectivity index (χ4n) is 1.43. The number of hydrogen-bond acceptors (Lipinski definition) is 4. The first kappa shape index (κ1) is 9.92. The van der Waals surface area contributed by atoms with Gasteiger partial charge < -0.3 is 14.6 Å². The van der Waals surface area contributed by atoms with Crippen LogP contribution in [0.5, 0.6) is 5.75 Å². The van der Waals surface area contributed by atoms with Crippen LogP contribution in [0.25, 0.3) is 0 Å². The van der Waals surface area contributed by atoms with E-state index >= 15 is 0 Å². The minimum Gasteiger partial charge on any atom is -0.487 e. The van der Waals surface area contributed by atoms with Gasteiger partial charge in [0.25, 0.3) is 0 Å². The minimum atomic E-state index is -1.03. The van der Waals surface area contributed by atoms with Gasteiger partial charge in [-0.1, -0.05) is 0 Å². The van der Waals surface area contributed by atoms with E-state index in [9.17, 15) is 4.79 Å². The highest BCUT2D eigenvalue weighted by Gasteiger charge is 2.20. The summed E-state index contributed by atoms with van der Waals surface area (Å²) >= 11 is 0. The molecule has 0 aromatic carbocycles. The van der Waals surface area contributed by atoms with Crippen molar-refractivity contribution in [2.24, 2.45) is 0 Å². The summed E-state index contributed by atoms with van der Waals surface area (Å²) in [6.07, 6.45) is 3.54. The number of aromatic carboxylic acids is 1. The smallest absolute Gasteiger partial charge is 0.341 e. The largest absolute Gasteiger partial charge is 0.487 e. The molecule has 1 aromatic heterocycles. The lowest BCUT2D eigenvalue weighted by Gasteiger charge is -2.12. The third-order valence-corrected chi connectivity index (χ3v) is 2.19. The summed E-state index contributed by atoms with van der Waals surface area (Å²) in [6.45, 7) is 1.18. The molecule has 1 fully saturated rings. The predicted molar refractivity (Wildman–Crippen MR) is 51.0 cm³/mol. The van der Waals surface area contributed by atoms with Gasteiger partial charge in [0.05, 0.1) is 13.2 Å². The molecule has 80 valence electrons. The first-order chi connectivity index (χ1) is 7.27. The number of hydrogen-bond donors (Lipinski definition) is 1. The molecule has 0 amide bonds. The Balaban J connectivity index is 2.15. The third-order valence-electron chi connectivity index (χ3n) is 2.19. The molecule has 5 heteroatoms. The fourth-order valence-corrected chi connectivity index (χ4v) is 1.43. The second-order valence-electron chi connectivity index (χ2n) is 3.28. The zero-order valence-electron chi connectivity index (χ0n) is 8.05. The van der Waals surface area contributed by atoms with Gasteiger partial charge >= 0.3 is 5.97 Å². The molecule has 0 radical (unpaired) electrons. The lowest BCUT2D eigenvalue weighted by Crippen LogP contribution is -2.17. The molecule has 0 spiro atoms. The summed E-state index contributed by atoms with van der Waals surface area (Å²) in [4.78, 5) is 14.6. The zero-order valence-corrected chi connectivity index (χ0v) is 8.05. The van der Waals surface area contributed by atoms with Crippen LogP contribution < -0.4 is 4.74 Å². The number of carbonyl (C=O) groups is 1. The first-order valence-corrected chi connectivity index (χ1v) is 4.69. The second kappa shape index (κ2) is 4.27. The van der Waals surface area contributed by atoms with Crippen LogP contribution in [-0.2, 0) is 4.74 Å². The maximum atomic E-state index is 10.8. The van der Waals surface area contributed by atoms with E-state index in [1.54, 1.807) is 6.07 Å². The van der Waals surface area contributed by atoms with Gasteiger partial charge in [0.1, 0.15) is 17.4 Å². The van der Waals surface area contributed by atoms with Gasteiger partial charge in [0.2, 0.25) is 0 Å². The molecule has 1 atom stereocenters. The molecule has 0 saturated carbocycles. The van der Waals surface area contributed by atoms with Crippen molar-refractivity contribution in [2.45, 2.75) is 12.5 Å². The van der Waals surface area contributed by atoms with Gasteiger partial charge in [0, 0.05) is 18.8 Å². The normalized spacial score (nSPS) is 20.1. The Morgan fingerprint density at radius 1 is 1.67 bits per heavy atom. The van der Waals surface area contributed by atoms with Gasteiger partial charge in [-0.25, -0.2) is 4.79 Å². The average molecular weight is 209 g/mol. The van der Waals surface area contributed by atoms with Crippen LogP contribution in [0.4, 0.5) is 0 Å². The summed E-state index contributed by atoms with van der Waals surface area (Å²) in [6, 6.07) is 1.56. The summed E-state index contributed by atoms with van der Waals surface area (Å²) < 4.78 is 10.7. The molecule has 2 rings (SSSR count). The highest BCUT2D eigenvalue weighted by atomic mass is 16.5. The summed E-state index contributed by atoms with van der Waals surface area (Å²) in [5, 5.41) is 8.89. The summed E-state index contributed by atoms with van der Waals surface area (Å²) in [5.41, 5.74) is 0.0874. The van der Waals surface area contributed by atoms with Crippen LogP contribution in [0.1, 0.15) is 16.8 Å². The van der Waals surface area contributed by atoms with Crippen molar-refractivity contribution >= 4 is 5.97 Å². The molecule has 1 saturated heterocycles. The SMILES string of the molecule is O=C(O)c1cnccc1OC1CCOC1. The fraction of sp³-hybridized carbons (Fsp3) is 0.400. The van der Waals surface area contributed by atoms with Crippen LogP contribution in [0.3, 0.4) is 0 Å². The maximum absolute atomic E-state index is 10.8. The second-order valence-corrected chi connectivity index (χ2v) is 3.28. The van der Waals surface area contributed by atoms with E-state index in [-0.39, 0.29) is 11.7 Å². The maximum Gasteiger partial charge on any atom is 0.341 e. The number of pyridine rings is 1. The topological polar surface area (TPSA) is 68.7 Å². The van der Waals surface area contributed by atoms with Gasteiger partial charge in [-0.3, -0.25) is 4.98 Å². The summed E-state index contributed by atoms with van der Waals surface area (Å²) in [5.74, 6) is -0.676. The molecule has 1 aromatic rings. The number of rotatable bonds is 3. The Morgan fingerprint density at radius 3 is 3.20 bits per heavy atom. The van der Waals surface area contributed by atoms with Gasteiger partial charge in [-0.2, -0.15) is 0 Å². The van der Waals surface area contributed by atoms with Crippen molar-refractivity contribution in [3.05, 3.63) is 24.0 Å². The zero-order chi connectivity index (χ0) is 10.7. The Bertz CT molecular complexity index is 360. The molecular weight excluding hydrogens is 198 g/mol. The monoisotopic (exact) mass is 209 g/mol. The van der Waals surface area contributed by atoms with E-state index in [1.165, 1.54) is 12.4 Å². The van der Waals surface area contributed by atoms with Crippen LogP contribution >= 0.6 is 0 Å². The molecule has 0 bridgehead atoms. The quantitative estimate of drug-likeness (QED) is 0.802. The number of carboxylic acid groups (broad SMARTS) is 1. The van der Waals surface area contributed by atoms with Crippen molar-refractivity contribution in [1.82, 2.24) is 4.98 Å². The van der Waals surface area contributed by atoms with Gasteiger partial charge in [-0.05, 0) is 6.07 Å². The Morgan fingerprint density at radius 2 is 2.53 bits per heavy atom. The van der Waals surface area contributed by atoms with E-state index in [2.05, 4.69) is 4.98 Å². The number of aromatic nitrogens is 1. The van der Waals surface area contributed by atoms with Crippen molar-refractivity contribution in [3.63, 3.8) is 0 Å². The average Bonchev–Trinajstić information content (AvgIpc) is 2.71. The Kier molecular flexibility index (Phi) is 2.82. The molecule has 1 N–H and O–H groups in total. The third kappa shape index (κ3) is 2.24. The predicted octanol–water partition coefficient (Wildman–Crippen LogP) is 0.948. The van der Waals surface area contributed by atoms with Gasteiger partial charge in [0.15, 0.2) is 0 Å². The van der Waals surface area contributed by atoms with Crippen molar-refractivity contribution < 1.29 is 19.4 Å². The van der Waals surface area contributed by atoms with E-state index < -0.39 is 5.97 Å². The highest BCUT2D eigenvalue weighted by Crippen LogP contribution is 2.20. The highest BCUT2D eigenvalue weighted by molar-refractivity contribution is 5.90. The molecule has 15 heavy (non-hydrogen) atoms. The molecule has 1 aliphatic rings.